The quantitative estimate of drug-likeness (QED) is 0.206. The Labute approximate surface area is 257 Å². The molecule has 0 radical (unpaired) electrons. The third kappa shape index (κ3) is 6.43. The second-order valence-electron chi connectivity index (χ2n) is 11.8. The van der Waals surface area contributed by atoms with Crippen LogP contribution in [0.25, 0.3) is 32.9 Å². The first-order valence-electron chi connectivity index (χ1n) is 15.9. The van der Waals surface area contributed by atoms with Gasteiger partial charge in [0.2, 0.25) is 0 Å². The molecule has 234 valence electrons. The Morgan fingerprint density at radius 3 is 2.61 bits per heavy atom. The lowest BCUT2D eigenvalue weighted by Gasteiger charge is -2.23. The van der Waals surface area contributed by atoms with Crippen molar-refractivity contribution in [2.45, 2.75) is 70.4 Å². The molecule has 44 heavy (non-hydrogen) atoms. The lowest BCUT2D eigenvalue weighted by Crippen LogP contribution is -2.32. The van der Waals surface area contributed by atoms with E-state index in [1.807, 2.05) is 24.3 Å². The average Bonchev–Trinajstić information content (AvgIpc) is 3.34. The Morgan fingerprint density at radius 1 is 1.05 bits per heavy atom. The summed E-state index contributed by atoms with van der Waals surface area (Å²) >= 11 is 0. The first-order valence-corrected chi connectivity index (χ1v) is 15.9. The van der Waals surface area contributed by atoms with Crippen LogP contribution in [-0.2, 0) is 11.2 Å². The molecule has 2 N–H and O–H groups in total. The van der Waals surface area contributed by atoms with Crippen molar-refractivity contribution in [1.82, 2.24) is 20.3 Å². The van der Waals surface area contributed by atoms with Gasteiger partial charge < -0.3 is 29.5 Å². The van der Waals surface area contributed by atoms with Gasteiger partial charge in [-0.1, -0.05) is 38.0 Å². The van der Waals surface area contributed by atoms with Crippen molar-refractivity contribution < 1.29 is 23.7 Å². The molecule has 0 bridgehead atoms. The van der Waals surface area contributed by atoms with E-state index in [1.165, 1.54) is 0 Å². The van der Waals surface area contributed by atoms with Crippen molar-refractivity contribution in [3.8, 4) is 23.0 Å². The van der Waals surface area contributed by atoms with E-state index < -0.39 is 5.82 Å². The summed E-state index contributed by atoms with van der Waals surface area (Å²) in [4.78, 5) is 16.4. The number of aromatic nitrogens is 3. The van der Waals surface area contributed by atoms with Crippen LogP contribution in [0, 0.1) is 5.82 Å². The summed E-state index contributed by atoms with van der Waals surface area (Å²) in [5.41, 5.74) is 2.15. The SMILES string of the molecule is CCc1cccc2cc(OCOC)cc(-c3ncc4c(N5CCCCCC5)nc(OCC[C@@H]5CC[C@@H](CO)N5)nc4c3F)c12. The molecule has 0 aliphatic carbocycles. The summed E-state index contributed by atoms with van der Waals surface area (Å²) < 4.78 is 33.9. The van der Waals surface area contributed by atoms with Gasteiger partial charge in [-0.3, -0.25) is 4.98 Å². The molecule has 2 fully saturated rings. The van der Waals surface area contributed by atoms with E-state index in [1.54, 1.807) is 13.3 Å². The first kappa shape index (κ1) is 30.4. The van der Waals surface area contributed by atoms with Gasteiger partial charge in [-0.15, -0.1) is 0 Å². The van der Waals surface area contributed by atoms with Crippen LogP contribution in [0.5, 0.6) is 11.8 Å². The molecule has 6 rings (SSSR count). The van der Waals surface area contributed by atoms with E-state index in [-0.39, 0.29) is 42.7 Å². The zero-order valence-electron chi connectivity index (χ0n) is 25.6. The minimum atomic E-state index is -0.509. The molecule has 4 aromatic rings. The Kier molecular flexibility index (Phi) is 9.69. The minimum absolute atomic E-state index is 0.0796. The van der Waals surface area contributed by atoms with Crippen LogP contribution >= 0.6 is 0 Å². The number of aliphatic hydroxyl groups is 1. The molecule has 9 nitrogen and oxygen atoms in total. The average molecular weight is 604 g/mol. The van der Waals surface area contributed by atoms with E-state index in [2.05, 4.69) is 28.2 Å². The number of anilines is 1. The number of benzene rings is 2. The van der Waals surface area contributed by atoms with Crippen LogP contribution < -0.4 is 19.7 Å². The van der Waals surface area contributed by atoms with Gasteiger partial charge in [0.05, 0.1) is 18.6 Å². The highest BCUT2D eigenvalue weighted by Crippen LogP contribution is 2.39. The number of nitrogens with zero attached hydrogens (tertiary/aromatic N) is 4. The Hall–Kier alpha value is -3.60. The second-order valence-corrected chi connectivity index (χ2v) is 11.8. The fraction of sp³-hybridized carbons (Fsp3) is 0.500. The van der Waals surface area contributed by atoms with Crippen molar-refractivity contribution in [1.29, 1.82) is 0 Å². The van der Waals surface area contributed by atoms with E-state index >= 15 is 4.39 Å². The number of methoxy groups -OCH3 is 1. The third-order valence-corrected chi connectivity index (χ3v) is 8.82. The number of nitrogens with one attached hydrogen (secondary N) is 1. The fourth-order valence-corrected chi connectivity index (χ4v) is 6.53. The zero-order chi connectivity index (χ0) is 30.5. The van der Waals surface area contributed by atoms with Crippen molar-refractivity contribution in [2.24, 2.45) is 0 Å². The van der Waals surface area contributed by atoms with Crippen LogP contribution in [0.15, 0.2) is 36.5 Å². The molecule has 0 spiro atoms. The standard InChI is InChI=1S/C34H42FN5O4/c1-3-22-9-8-10-23-17-26(44-21-42-2)18-27(29(22)23)31-30(35)32-28(19-36-31)33(40-14-6-4-5-7-15-40)39-34(38-32)43-16-13-24-11-12-25(20-41)37-24/h8-10,17-19,24-25,37,41H,3-7,11-16,20-21H2,1-2H3/t24-,25-/m0/s1. The summed E-state index contributed by atoms with van der Waals surface area (Å²) in [7, 11) is 1.57. The van der Waals surface area contributed by atoms with Crippen LogP contribution in [0.2, 0.25) is 0 Å². The lowest BCUT2D eigenvalue weighted by atomic mass is 9.95. The van der Waals surface area contributed by atoms with Crippen LogP contribution in [0.4, 0.5) is 10.2 Å². The van der Waals surface area contributed by atoms with Gasteiger partial charge in [0.25, 0.3) is 0 Å². The molecular weight excluding hydrogens is 561 g/mol. The molecule has 0 unspecified atom stereocenters. The molecule has 0 amide bonds. The molecule has 2 aliphatic rings. The van der Waals surface area contributed by atoms with E-state index in [4.69, 9.17) is 24.2 Å². The summed E-state index contributed by atoms with van der Waals surface area (Å²) in [6.07, 6.45) is 9.60. The number of rotatable bonds is 11. The molecule has 10 heteroatoms. The normalized spacial score (nSPS) is 19.0. The van der Waals surface area contributed by atoms with Gasteiger partial charge >= 0.3 is 6.01 Å². The number of halogens is 1. The predicted octanol–water partition coefficient (Wildman–Crippen LogP) is 5.79. The van der Waals surface area contributed by atoms with E-state index in [9.17, 15) is 5.11 Å². The Balaban J connectivity index is 1.43. The van der Waals surface area contributed by atoms with Crippen LogP contribution in [0.1, 0.15) is 57.4 Å². The highest BCUT2D eigenvalue weighted by atomic mass is 19.1. The topological polar surface area (TPSA) is 102 Å². The maximum atomic E-state index is 16.8. The second kappa shape index (κ2) is 14.0. The van der Waals surface area contributed by atoms with Crippen molar-refractivity contribution in [3.63, 3.8) is 0 Å². The molecular formula is C34H42FN5O4. The van der Waals surface area contributed by atoms with Gasteiger partial charge in [0, 0.05) is 44.0 Å². The van der Waals surface area contributed by atoms with Crippen molar-refractivity contribution >= 4 is 27.5 Å². The Bertz CT molecular complexity index is 1590. The number of aryl methyl sites for hydroxylation is 1. The van der Waals surface area contributed by atoms with Crippen molar-refractivity contribution in [3.05, 3.63) is 47.9 Å². The van der Waals surface area contributed by atoms with E-state index in [0.29, 0.717) is 29.1 Å². The Morgan fingerprint density at radius 2 is 1.86 bits per heavy atom. The van der Waals surface area contributed by atoms with Gasteiger partial charge in [-0.05, 0) is 67.0 Å². The summed E-state index contributed by atoms with van der Waals surface area (Å²) in [6, 6.07) is 10.4. The number of hydrogen-bond acceptors (Lipinski definition) is 9. The maximum absolute atomic E-state index is 16.8. The summed E-state index contributed by atoms with van der Waals surface area (Å²) in [6.45, 7) is 4.38. The fourth-order valence-electron chi connectivity index (χ4n) is 6.53. The molecule has 2 saturated heterocycles. The summed E-state index contributed by atoms with van der Waals surface area (Å²) in [5, 5.41) is 15.4. The van der Waals surface area contributed by atoms with Gasteiger partial charge in [-0.25, -0.2) is 4.39 Å². The molecule has 4 heterocycles. The van der Waals surface area contributed by atoms with Crippen LogP contribution in [-0.4, -0.2) is 72.3 Å². The van der Waals surface area contributed by atoms with Crippen molar-refractivity contribution in [2.75, 3.05) is 45.1 Å². The number of pyridine rings is 1. The minimum Gasteiger partial charge on any atom is -0.468 e. The number of hydrogen-bond donors (Lipinski definition) is 2. The van der Waals surface area contributed by atoms with E-state index in [0.717, 1.165) is 80.8 Å². The van der Waals surface area contributed by atoms with Crippen LogP contribution in [0.3, 0.4) is 0 Å². The predicted molar refractivity (Wildman–Crippen MR) is 170 cm³/mol. The van der Waals surface area contributed by atoms with Gasteiger partial charge in [0.15, 0.2) is 12.6 Å². The molecule has 2 atom stereocenters. The molecule has 2 aromatic carbocycles. The first-order chi connectivity index (χ1) is 21.6. The molecule has 2 aliphatic heterocycles. The largest absolute Gasteiger partial charge is 0.468 e. The lowest BCUT2D eigenvalue weighted by molar-refractivity contribution is 0.0512. The molecule has 0 saturated carbocycles. The number of aliphatic hydroxyl groups excluding tert-OH is 1. The number of fused-ring (bicyclic) bond motifs is 2. The third-order valence-electron chi connectivity index (χ3n) is 8.82. The molecule has 2 aromatic heterocycles. The maximum Gasteiger partial charge on any atom is 0.319 e. The smallest absolute Gasteiger partial charge is 0.319 e. The monoisotopic (exact) mass is 603 g/mol. The summed E-state index contributed by atoms with van der Waals surface area (Å²) in [5.74, 6) is 0.732. The van der Waals surface area contributed by atoms with Gasteiger partial charge in [-0.2, -0.15) is 9.97 Å². The van der Waals surface area contributed by atoms with Gasteiger partial charge in [0.1, 0.15) is 22.8 Å². The number of ether oxygens (including phenoxy) is 3. The zero-order valence-corrected chi connectivity index (χ0v) is 25.6. The highest BCUT2D eigenvalue weighted by Gasteiger charge is 2.25. The highest BCUT2D eigenvalue weighted by molar-refractivity contribution is 6.01.